The number of hydrogen-bond acceptors (Lipinski definition) is 5. The van der Waals surface area contributed by atoms with E-state index in [2.05, 4.69) is 15.4 Å². The smallest absolute Gasteiger partial charge is 0.410 e. The fourth-order valence-electron chi connectivity index (χ4n) is 3.33. The van der Waals surface area contributed by atoms with Gasteiger partial charge >= 0.3 is 6.09 Å². The molecule has 1 aromatic rings. The van der Waals surface area contributed by atoms with Gasteiger partial charge in [-0.2, -0.15) is 10.1 Å². The standard InChI is InChI=1S/C15H25N5O2/c1-15(2,3)22-14(21)19-8-4-5-11(9-19)12-6-7-16-13-17-10-18-20(12)13/h10-12H,4-9H2,1-3H3,(H,16,17,18). The molecule has 1 aromatic heterocycles. The summed E-state index contributed by atoms with van der Waals surface area (Å²) in [5.74, 6) is 1.24. The molecule has 2 aliphatic rings. The van der Waals surface area contributed by atoms with Gasteiger partial charge in [-0.15, -0.1) is 0 Å². The first-order chi connectivity index (χ1) is 10.4. The number of anilines is 1. The highest BCUT2D eigenvalue weighted by molar-refractivity contribution is 5.68. The van der Waals surface area contributed by atoms with E-state index in [4.69, 9.17) is 4.74 Å². The minimum atomic E-state index is -0.447. The zero-order chi connectivity index (χ0) is 15.7. The molecule has 7 nitrogen and oxygen atoms in total. The zero-order valence-corrected chi connectivity index (χ0v) is 13.6. The van der Waals surface area contributed by atoms with Gasteiger partial charge < -0.3 is 15.0 Å². The molecule has 0 aliphatic carbocycles. The van der Waals surface area contributed by atoms with Gasteiger partial charge in [0.2, 0.25) is 5.95 Å². The van der Waals surface area contributed by atoms with Crippen LogP contribution >= 0.6 is 0 Å². The number of carbonyl (C=O) groups is 1. The van der Waals surface area contributed by atoms with Gasteiger partial charge in [0.05, 0.1) is 6.04 Å². The van der Waals surface area contributed by atoms with Crippen molar-refractivity contribution in [3.63, 3.8) is 0 Å². The molecule has 1 fully saturated rings. The van der Waals surface area contributed by atoms with Crippen LogP contribution in [0.3, 0.4) is 0 Å². The number of ether oxygens (including phenoxy) is 1. The van der Waals surface area contributed by atoms with Crippen molar-refractivity contribution in [3.8, 4) is 0 Å². The average molecular weight is 307 g/mol. The number of nitrogens with one attached hydrogen (secondary N) is 1. The third-order valence-electron chi connectivity index (χ3n) is 4.26. The van der Waals surface area contributed by atoms with E-state index in [1.807, 2.05) is 30.4 Å². The van der Waals surface area contributed by atoms with Crippen LogP contribution in [0.15, 0.2) is 6.33 Å². The maximum atomic E-state index is 12.3. The lowest BCUT2D eigenvalue weighted by molar-refractivity contribution is 0.0126. The molecule has 0 spiro atoms. The first kappa shape index (κ1) is 15.1. The summed E-state index contributed by atoms with van der Waals surface area (Å²) >= 11 is 0. The molecule has 2 unspecified atom stereocenters. The number of amides is 1. The Morgan fingerprint density at radius 3 is 3.00 bits per heavy atom. The van der Waals surface area contributed by atoms with Gasteiger partial charge in [0.1, 0.15) is 11.9 Å². The predicted octanol–water partition coefficient (Wildman–Crippen LogP) is 2.28. The second-order valence-electron chi connectivity index (χ2n) is 7.14. The lowest BCUT2D eigenvalue weighted by atomic mass is 9.88. The summed E-state index contributed by atoms with van der Waals surface area (Å²) in [4.78, 5) is 18.4. The zero-order valence-electron chi connectivity index (χ0n) is 13.6. The van der Waals surface area contributed by atoms with E-state index >= 15 is 0 Å². The van der Waals surface area contributed by atoms with E-state index in [1.165, 1.54) is 0 Å². The number of aromatic nitrogens is 3. The Morgan fingerprint density at radius 2 is 2.23 bits per heavy atom. The SMILES string of the molecule is CC(C)(C)OC(=O)N1CCCC(C2CCNc3ncnn32)C1. The highest BCUT2D eigenvalue weighted by Gasteiger charge is 2.34. The summed E-state index contributed by atoms with van der Waals surface area (Å²) in [7, 11) is 0. The van der Waals surface area contributed by atoms with Crippen LogP contribution in [-0.2, 0) is 4.74 Å². The average Bonchev–Trinajstić information content (AvgIpc) is 2.94. The van der Waals surface area contributed by atoms with E-state index in [-0.39, 0.29) is 6.09 Å². The molecule has 22 heavy (non-hydrogen) atoms. The van der Waals surface area contributed by atoms with Crippen LogP contribution in [0, 0.1) is 5.92 Å². The largest absolute Gasteiger partial charge is 0.444 e. The molecule has 0 aromatic carbocycles. The molecule has 2 aliphatic heterocycles. The fraction of sp³-hybridized carbons (Fsp3) is 0.800. The van der Waals surface area contributed by atoms with Gasteiger partial charge in [0.25, 0.3) is 0 Å². The van der Waals surface area contributed by atoms with Crippen molar-refractivity contribution >= 4 is 12.0 Å². The van der Waals surface area contributed by atoms with Crippen LogP contribution < -0.4 is 5.32 Å². The Hall–Kier alpha value is -1.79. The summed E-state index contributed by atoms with van der Waals surface area (Å²) in [6.07, 6.45) is 4.53. The lowest BCUT2D eigenvalue weighted by Gasteiger charge is -2.39. The molecule has 1 N–H and O–H groups in total. The van der Waals surface area contributed by atoms with Crippen LogP contribution in [0.25, 0.3) is 0 Å². The monoisotopic (exact) mass is 307 g/mol. The summed E-state index contributed by atoms with van der Waals surface area (Å²) in [6.45, 7) is 8.13. The summed E-state index contributed by atoms with van der Waals surface area (Å²) in [6, 6.07) is 0.309. The van der Waals surface area contributed by atoms with Crippen LogP contribution in [0.2, 0.25) is 0 Å². The van der Waals surface area contributed by atoms with Crippen LogP contribution in [0.4, 0.5) is 10.7 Å². The van der Waals surface area contributed by atoms with Gasteiger partial charge in [-0.25, -0.2) is 9.48 Å². The first-order valence-electron chi connectivity index (χ1n) is 8.05. The van der Waals surface area contributed by atoms with Gasteiger partial charge in [0.15, 0.2) is 0 Å². The Balaban J connectivity index is 1.68. The summed E-state index contributed by atoms with van der Waals surface area (Å²) in [5, 5.41) is 7.61. The van der Waals surface area contributed by atoms with E-state index in [0.717, 1.165) is 44.8 Å². The molecule has 0 radical (unpaired) electrons. The summed E-state index contributed by atoms with van der Waals surface area (Å²) in [5.41, 5.74) is -0.447. The Labute approximate surface area is 131 Å². The molecule has 3 rings (SSSR count). The Bertz CT molecular complexity index is 536. The number of carbonyl (C=O) groups excluding carboxylic acids is 1. The fourth-order valence-corrected chi connectivity index (χ4v) is 3.33. The number of fused-ring (bicyclic) bond motifs is 1. The van der Waals surface area contributed by atoms with E-state index in [0.29, 0.717) is 12.0 Å². The number of piperidine rings is 1. The van der Waals surface area contributed by atoms with Gasteiger partial charge in [-0.1, -0.05) is 0 Å². The molecule has 1 amide bonds. The van der Waals surface area contributed by atoms with Gasteiger partial charge in [-0.05, 0) is 46.0 Å². The predicted molar refractivity (Wildman–Crippen MR) is 82.7 cm³/mol. The highest BCUT2D eigenvalue weighted by atomic mass is 16.6. The maximum Gasteiger partial charge on any atom is 0.410 e. The molecule has 0 bridgehead atoms. The van der Waals surface area contributed by atoms with Crippen molar-refractivity contribution in [1.29, 1.82) is 0 Å². The van der Waals surface area contributed by atoms with Gasteiger partial charge in [-0.3, -0.25) is 0 Å². The molecule has 122 valence electrons. The van der Waals surface area contributed by atoms with Crippen LogP contribution in [0.1, 0.15) is 46.1 Å². The molecule has 1 saturated heterocycles. The normalized spacial score (nSPS) is 25.3. The van der Waals surface area contributed by atoms with Gasteiger partial charge in [0, 0.05) is 19.6 Å². The highest BCUT2D eigenvalue weighted by Crippen LogP contribution is 2.33. The van der Waals surface area contributed by atoms with E-state index < -0.39 is 5.60 Å². The molecule has 3 heterocycles. The molecular weight excluding hydrogens is 282 g/mol. The molecule has 7 heteroatoms. The lowest BCUT2D eigenvalue weighted by Crippen LogP contribution is -2.45. The van der Waals surface area contributed by atoms with Crippen LogP contribution in [0.5, 0.6) is 0 Å². The number of rotatable bonds is 1. The minimum absolute atomic E-state index is 0.204. The Morgan fingerprint density at radius 1 is 1.41 bits per heavy atom. The van der Waals surface area contributed by atoms with Crippen molar-refractivity contribution in [1.82, 2.24) is 19.7 Å². The molecule has 0 saturated carbocycles. The van der Waals surface area contributed by atoms with E-state index in [9.17, 15) is 4.79 Å². The molecular formula is C15H25N5O2. The van der Waals surface area contributed by atoms with Crippen molar-refractivity contribution in [2.24, 2.45) is 5.92 Å². The molecule has 2 atom stereocenters. The van der Waals surface area contributed by atoms with Crippen LogP contribution in [-0.4, -0.2) is 51.0 Å². The second-order valence-corrected chi connectivity index (χ2v) is 7.14. The maximum absolute atomic E-state index is 12.3. The number of nitrogens with zero attached hydrogens (tertiary/aromatic N) is 4. The third-order valence-corrected chi connectivity index (χ3v) is 4.26. The van der Waals surface area contributed by atoms with Crippen molar-refractivity contribution in [3.05, 3.63) is 6.33 Å². The third kappa shape index (κ3) is 3.18. The van der Waals surface area contributed by atoms with Crippen molar-refractivity contribution < 1.29 is 9.53 Å². The van der Waals surface area contributed by atoms with Crippen molar-refractivity contribution in [2.45, 2.75) is 51.7 Å². The first-order valence-corrected chi connectivity index (χ1v) is 8.05. The van der Waals surface area contributed by atoms with E-state index in [1.54, 1.807) is 6.33 Å². The Kier molecular flexibility index (Phi) is 3.97. The second kappa shape index (κ2) is 5.78. The topological polar surface area (TPSA) is 72.3 Å². The minimum Gasteiger partial charge on any atom is -0.444 e. The number of likely N-dealkylation sites (tertiary alicyclic amines) is 1. The number of hydrogen-bond donors (Lipinski definition) is 1. The quantitative estimate of drug-likeness (QED) is 0.862. The van der Waals surface area contributed by atoms with Crippen molar-refractivity contribution in [2.75, 3.05) is 25.0 Å². The summed E-state index contributed by atoms with van der Waals surface area (Å²) < 4.78 is 7.49.